The summed E-state index contributed by atoms with van der Waals surface area (Å²) in [7, 11) is -3.72. The van der Waals surface area contributed by atoms with Gasteiger partial charge in [0.25, 0.3) is 10.0 Å². The van der Waals surface area contributed by atoms with Gasteiger partial charge in [0.2, 0.25) is 0 Å². The topological polar surface area (TPSA) is 75.6 Å². The lowest BCUT2D eigenvalue weighted by atomic mass is 10.3. The summed E-state index contributed by atoms with van der Waals surface area (Å²) in [6, 6.07) is 10.2. The van der Waals surface area contributed by atoms with Gasteiger partial charge < -0.3 is 9.84 Å². The summed E-state index contributed by atoms with van der Waals surface area (Å²) >= 11 is 5.74. The molecule has 2 N–H and O–H groups in total. The fraction of sp³-hybridized carbons (Fsp3) is 0.143. The Hall–Kier alpha value is -1.92. The second-order valence-electron chi connectivity index (χ2n) is 4.18. The lowest BCUT2D eigenvalue weighted by Gasteiger charge is -2.09. The van der Waals surface area contributed by atoms with E-state index in [9.17, 15) is 13.5 Å². The van der Waals surface area contributed by atoms with Crippen LogP contribution in [0.2, 0.25) is 5.02 Å². The fourth-order valence-electron chi connectivity index (χ4n) is 1.67. The van der Waals surface area contributed by atoms with E-state index in [2.05, 4.69) is 4.72 Å². The van der Waals surface area contributed by atoms with Crippen LogP contribution < -0.4 is 9.46 Å². The van der Waals surface area contributed by atoms with E-state index in [1.54, 1.807) is 12.1 Å². The molecule has 5 nitrogen and oxygen atoms in total. The van der Waals surface area contributed by atoms with Crippen LogP contribution in [0.4, 0.5) is 5.69 Å². The molecule has 0 aliphatic heterocycles. The molecule has 0 aliphatic rings. The molecule has 2 rings (SSSR count). The summed E-state index contributed by atoms with van der Waals surface area (Å²) in [4.78, 5) is 0.107. The zero-order valence-electron chi connectivity index (χ0n) is 11.2. The molecule has 0 amide bonds. The zero-order valence-corrected chi connectivity index (χ0v) is 12.8. The van der Waals surface area contributed by atoms with Gasteiger partial charge in [0.1, 0.15) is 11.5 Å². The van der Waals surface area contributed by atoms with Crippen molar-refractivity contribution in [2.75, 3.05) is 11.3 Å². The minimum Gasteiger partial charge on any atom is -0.506 e. The predicted octanol–water partition coefficient (Wildman–Crippen LogP) is 3.25. The van der Waals surface area contributed by atoms with E-state index in [-0.39, 0.29) is 21.4 Å². The lowest BCUT2D eigenvalue weighted by Crippen LogP contribution is -2.12. The van der Waals surface area contributed by atoms with E-state index >= 15 is 0 Å². The fourth-order valence-corrected chi connectivity index (χ4v) is 2.90. The maximum Gasteiger partial charge on any atom is 0.261 e. The highest BCUT2D eigenvalue weighted by Crippen LogP contribution is 2.27. The molecule has 0 saturated carbocycles. The van der Waals surface area contributed by atoms with Crippen molar-refractivity contribution in [2.45, 2.75) is 11.8 Å². The van der Waals surface area contributed by atoms with Gasteiger partial charge in [-0.15, -0.1) is 0 Å². The third-order valence-corrected chi connectivity index (χ3v) is 4.34. The molecular formula is C14H14ClNO4S. The number of hydrogen-bond acceptors (Lipinski definition) is 4. The second-order valence-corrected chi connectivity index (χ2v) is 6.27. The molecule has 2 aromatic rings. The molecule has 0 aromatic heterocycles. The van der Waals surface area contributed by atoms with Gasteiger partial charge in [0, 0.05) is 0 Å². The van der Waals surface area contributed by atoms with E-state index in [1.165, 1.54) is 30.3 Å². The van der Waals surface area contributed by atoms with Crippen molar-refractivity contribution >= 4 is 27.3 Å². The Bertz CT molecular complexity index is 729. The Kier molecular flexibility index (Phi) is 4.59. The van der Waals surface area contributed by atoms with E-state index in [1.807, 2.05) is 6.92 Å². The Balaban J connectivity index is 2.23. The van der Waals surface area contributed by atoms with Crippen LogP contribution in [-0.4, -0.2) is 20.1 Å². The third kappa shape index (κ3) is 3.80. The first-order chi connectivity index (χ1) is 9.92. The highest BCUT2D eigenvalue weighted by molar-refractivity contribution is 7.92. The van der Waals surface area contributed by atoms with E-state index < -0.39 is 10.0 Å². The Morgan fingerprint density at radius 3 is 2.43 bits per heavy atom. The minimum absolute atomic E-state index is 0.0712. The Morgan fingerprint density at radius 1 is 1.19 bits per heavy atom. The van der Waals surface area contributed by atoms with Crippen LogP contribution in [0.5, 0.6) is 11.5 Å². The normalized spacial score (nSPS) is 11.1. The van der Waals surface area contributed by atoms with E-state index in [0.29, 0.717) is 12.4 Å². The SMILES string of the molecule is CCOc1ccc(S(=O)(=O)Nc2ccc(O)c(Cl)c2)cc1. The number of sulfonamides is 1. The quantitative estimate of drug-likeness (QED) is 0.827. The smallest absolute Gasteiger partial charge is 0.261 e. The molecule has 0 heterocycles. The van der Waals surface area contributed by atoms with E-state index in [0.717, 1.165) is 0 Å². The number of ether oxygens (including phenoxy) is 1. The van der Waals surface area contributed by atoms with Crippen LogP contribution in [0.1, 0.15) is 6.92 Å². The lowest BCUT2D eigenvalue weighted by molar-refractivity contribution is 0.340. The van der Waals surface area contributed by atoms with Crippen molar-refractivity contribution in [2.24, 2.45) is 0 Å². The number of anilines is 1. The number of benzene rings is 2. The maximum absolute atomic E-state index is 12.2. The Labute approximate surface area is 128 Å². The summed E-state index contributed by atoms with van der Waals surface area (Å²) in [6.07, 6.45) is 0. The first-order valence-electron chi connectivity index (χ1n) is 6.16. The molecule has 0 unspecified atom stereocenters. The summed E-state index contributed by atoms with van der Waals surface area (Å²) < 4.78 is 32.1. The maximum atomic E-state index is 12.2. The van der Waals surface area contributed by atoms with Gasteiger partial charge in [0.05, 0.1) is 22.2 Å². The molecule has 2 aromatic carbocycles. The van der Waals surface area contributed by atoms with Gasteiger partial charge in [-0.1, -0.05) is 11.6 Å². The van der Waals surface area contributed by atoms with Crippen LogP contribution >= 0.6 is 11.6 Å². The van der Waals surface area contributed by atoms with Crippen molar-refractivity contribution in [1.29, 1.82) is 0 Å². The highest BCUT2D eigenvalue weighted by Gasteiger charge is 2.14. The number of aromatic hydroxyl groups is 1. The molecule has 112 valence electrons. The standard InChI is InChI=1S/C14H14ClNO4S/c1-2-20-11-4-6-12(7-5-11)21(18,19)16-10-3-8-14(17)13(15)9-10/h3-9,16-17H,2H2,1H3. The molecule has 0 fully saturated rings. The van der Waals surface area contributed by atoms with Crippen molar-refractivity contribution in [3.05, 3.63) is 47.5 Å². The number of phenolic OH excluding ortho intramolecular Hbond substituents is 1. The number of phenols is 1. The molecule has 0 bridgehead atoms. The van der Waals surface area contributed by atoms with Crippen molar-refractivity contribution in [1.82, 2.24) is 0 Å². The van der Waals surface area contributed by atoms with Gasteiger partial charge in [-0.2, -0.15) is 0 Å². The summed E-state index contributed by atoms with van der Waals surface area (Å²) in [6.45, 7) is 2.36. The van der Waals surface area contributed by atoms with Gasteiger partial charge in [0.15, 0.2) is 0 Å². The number of rotatable bonds is 5. The third-order valence-electron chi connectivity index (χ3n) is 2.64. The van der Waals surface area contributed by atoms with Crippen molar-refractivity contribution < 1.29 is 18.3 Å². The zero-order chi connectivity index (χ0) is 15.5. The first-order valence-corrected chi connectivity index (χ1v) is 8.02. The molecule has 0 saturated heterocycles. The monoisotopic (exact) mass is 327 g/mol. The molecule has 0 spiro atoms. The van der Waals surface area contributed by atoms with Gasteiger partial charge in [-0.25, -0.2) is 8.42 Å². The van der Waals surface area contributed by atoms with E-state index in [4.69, 9.17) is 16.3 Å². The van der Waals surface area contributed by atoms with Crippen molar-refractivity contribution in [3.63, 3.8) is 0 Å². The summed E-state index contributed by atoms with van der Waals surface area (Å²) in [5.74, 6) is 0.491. The molecule has 0 radical (unpaired) electrons. The average Bonchev–Trinajstić information content (AvgIpc) is 2.44. The Morgan fingerprint density at radius 2 is 1.86 bits per heavy atom. The van der Waals surface area contributed by atoms with Crippen LogP contribution in [0.15, 0.2) is 47.4 Å². The molecule has 21 heavy (non-hydrogen) atoms. The molecular weight excluding hydrogens is 314 g/mol. The van der Waals surface area contributed by atoms with Gasteiger partial charge in [-0.05, 0) is 49.4 Å². The second kappa shape index (κ2) is 6.24. The number of nitrogens with one attached hydrogen (secondary N) is 1. The van der Waals surface area contributed by atoms with Crippen LogP contribution in [-0.2, 0) is 10.0 Å². The molecule has 7 heteroatoms. The average molecular weight is 328 g/mol. The van der Waals surface area contributed by atoms with Gasteiger partial charge in [-0.3, -0.25) is 4.72 Å². The van der Waals surface area contributed by atoms with Crippen LogP contribution in [0, 0.1) is 0 Å². The minimum atomic E-state index is -3.72. The molecule has 0 atom stereocenters. The predicted molar refractivity (Wildman–Crippen MR) is 81.5 cm³/mol. The molecule has 0 aliphatic carbocycles. The number of hydrogen-bond donors (Lipinski definition) is 2. The van der Waals surface area contributed by atoms with Crippen LogP contribution in [0.25, 0.3) is 0 Å². The highest BCUT2D eigenvalue weighted by atomic mass is 35.5. The van der Waals surface area contributed by atoms with Crippen LogP contribution in [0.3, 0.4) is 0 Å². The summed E-state index contributed by atoms with van der Waals surface area (Å²) in [5.41, 5.74) is 0.270. The van der Waals surface area contributed by atoms with Gasteiger partial charge >= 0.3 is 0 Å². The first kappa shape index (κ1) is 15.5. The number of halogens is 1. The largest absolute Gasteiger partial charge is 0.506 e. The van der Waals surface area contributed by atoms with Crippen molar-refractivity contribution in [3.8, 4) is 11.5 Å². The summed E-state index contributed by atoms with van der Waals surface area (Å²) in [5, 5.41) is 9.39.